The molecular formula is C20H23FN4O. The summed E-state index contributed by atoms with van der Waals surface area (Å²) in [6.07, 6.45) is 3.16. The molecule has 0 radical (unpaired) electrons. The number of hydrogen-bond acceptors (Lipinski definition) is 4. The van der Waals surface area contributed by atoms with E-state index in [4.69, 9.17) is 0 Å². The molecule has 0 saturated carbocycles. The molecule has 1 amide bonds. The zero-order valence-electron chi connectivity index (χ0n) is 15.3. The number of fused-ring (bicyclic) bond motifs is 1. The molecule has 2 aliphatic rings. The second-order valence-corrected chi connectivity index (χ2v) is 7.15. The van der Waals surface area contributed by atoms with Gasteiger partial charge in [-0.2, -0.15) is 0 Å². The Morgan fingerprint density at radius 2 is 1.88 bits per heavy atom. The first-order valence-corrected chi connectivity index (χ1v) is 9.19. The van der Waals surface area contributed by atoms with Crippen molar-refractivity contribution in [2.75, 3.05) is 24.5 Å². The van der Waals surface area contributed by atoms with Gasteiger partial charge in [0.15, 0.2) is 0 Å². The van der Waals surface area contributed by atoms with Crippen molar-refractivity contribution in [1.29, 1.82) is 0 Å². The van der Waals surface area contributed by atoms with E-state index in [1.165, 1.54) is 24.5 Å². The first-order valence-electron chi connectivity index (χ1n) is 9.19. The van der Waals surface area contributed by atoms with Crippen molar-refractivity contribution in [3.8, 4) is 0 Å². The predicted octanol–water partition coefficient (Wildman–Crippen LogP) is 3.03. The van der Waals surface area contributed by atoms with Crippen LogP contribution in [0.3, 0.4) is 0 Å². The molecule has 6 heteroatoms. The molecule has 0 spiro atoms. The molecule has 136 valence electrons. The van der Waals surface area contributed by atoms with Crippen molar-refractivity contribution in [2.45, 2.75) is 39.7 Å². The van der Waals surface area contributed by atoms with Crippen LogP contribution in [0.15, 0.2) is 18.2 Å². The van der Waals surface area contributed by atoms with E-state index in [1.807, 2.05) is 6.92 Å². The zero-order valence-corrected chi connectivity index (χ0v) is 15.3. The van der Waals surface area contributed by atoms with Gasteiger partial charge >= 0.3 is 0 Å². The molecule has 1 aromatic heterocycles. The summed E-state index contributed by atoms with van der Waals surface area (Å²) >= 11 is 0. The number of anilines is 1. The lowest BCUT2D eigenvalue weighted by Crippen LogP contribution is -2.38. The number of carbonyl (C=O) groups excluding carboxylic acids is 1. The quantitative estimate of drug-likeness (QED) is 0.832. The van der Waals surface area contributed by atoms with Crippen LogP contribution in [0.4, 0.5) is 10.2 Å². The summed E-state index contributed by atoms with van der Waals surface area (Å²) < 4.78 is 13.5. The van der Waals surface area contributed by atoms with Gasteiger partial charge in [0.05, 0.1) is 12.2 Å². The Hall–Kier alpha value is -2.50. The number of amides is 1. The smallest absolute Gasteiger partial charge is 0.254 e. The van der Waals surface area contributed by atoms with E-state index in [-0.39, 0.29) is 11.7 Å². The first-order chi connectivity index (χ1) is 12.5. The Labute approximate surface area is 152 Å². The van der Waals surface area contributed by atoms with E-state index >= 15 is 0 Å². The van der Waals surface area contributed by atoms with Gasteiger partial charge in [-0.05, 0) is 56.9 Å². The van der Waals surface area contributed by atoms with E-state index in [0.717, 1.165) is 36.8 Å². The van der Waals surface area contributed by atoms with Gasteiger partial charge in [0.25, 0.3) is 5.91 Å². The van der Waals surface area contributed by atoms with Crippen molar-refractivity contribution in [2.24, 2.45) is 0 Å². The molecule has 5 nitrogen and oxygen atoms in total. The molecule has 26 heavy (non-hydrogen) atoms. The largest absolute Gasteiger partial charge is 0.356 e. The fraction of sp³-hybridized carbons (Fsp3) is 0.450. The topological polar surface area (TPSA) is 49.3 Å². The molecule has 1 saturated heterocycles. The molecule has 0 unspecified atom stereocenters. The summed E-state index contributed by atoms with van der Waals surface area (Å²) in [5.41, 5.74) is 3.13. The predicted molar refractivity (Wildman–Crippen MR) is 97.8 cm³/mol. The third kappa shape index (κ3) is 3.04. The number of aryl methyl sites for hydroxylation is 2. The van der Waals surface area contributed by atoms with Crippen molar-refractivity contribution >= 4 is 11.7 Å². The van der Waals surface area contributed by atoms with Gasteiger partial charge < -0.3 is 9.80 Å². The van der Waals surface area contributed by atoms with Crippen molar-refractivity contribution in [3.05, 3.63) is 52.2 Å². The van der Waals surface area contributed by atoms with Gasteiger partial charge in [-0.3, -0.25) is 4.79 Å². The molecule has 0 bridgehead atoms. The third-order valence-corrected chi connectivity index (χ3v) is 5.25. The van der Waals surface area contributed by atoms with Crippen molar-refractivity contribution in [1.82, 2.24) is 14.9 Å². The monoisotopic (exact) mass is 354 g/mol. The molecule has 3 heterocycles. The van der Waals surface area contributed by atoms with Gasteiger partial charge in [-0.25, -0.2) is 14.4 Å². The number of aromatic nitrogens is 2. The summed E-state index contributed by atoms with van der Waals surface area (Å²) in [6, 6.07) is 4.54. The number of nitrogens with zero attached hydrogens (tertiary/aromatic N) is 4. The fourth-order valence-electron chi connectivity index (χ4n) is 3.86. The van der Waals surface area contributed by atoms with Crippen LogP contribution in [0.25, 0.3) is 0 Å². The lowest BCUT2D eigenvalue weighted by molar-refractivity contribution is 0.0731. The summed E-state index contributed by atoms with van der Waals surface area (Å²) in [5.74, 6) is 1.44. The highest BCUT2D eigenvalue weighted by molar-refractivity contribution is 5.94. The minimum Gasteiger partial charge on any atom is -0.356 e. The molecule has 0 atom stereocenters. The van der Waals surface area contributed by atoms with Crippen LogP contribution in [0.1, 0.15) is 45.8 Å². The second kappa shape index (κ2) is 6.67. The molecule has 4 rings (SSSR count). The summed E-state index contributed by atoms with van der Waals surface area (Å²) in [5, 5.41) is 0. The zero-order chi connectivity index (χ0) is 18.3. The van der Waals surface area contributed by atoms with E-state index in [0.29, 0.717) is 24.2 Å². The van der Waals surface area contributed by atoms with Gasteiger partial charge in [0.1, 0.15) is 17.5 Å². The molecule has 1 aromatic carbocycles. The number of hydrogen-bond donors (Lipinski definition) is 0. The van der Waals surface area contributed by atoms with Crippen LogP contribution in [0.5, 0.6) is 0 Å². The van der Waals surface area contributed by atoms with Crippen molar-refractivity contribution < 1.29 is 9.18 Å². The summed E-state index contributed by atoms with van der Waals surface area (Å²) in [4.78, 5) is 26.3. The molecule has 2 aromatic rings. The van der Waals surface area contributed by atoms with Gasteiger partial charge in [0, 0.05) is 30.8 Å². The van der Waals surface area contributed by atoms with Gasteiger partial charge in [-0.15, -0.1) is 0 Å². The highest BCUT2D eigenvalue weighted by atomic mass is 19.1. The third-order valence-electron chi connectivity index (χ3n) is 5.25. The highest BCUT2D eigenvalue weighted by Crippen LogP contribution is 2.29. The minimum absolute atomic E-state index is 0.0715. The normalized spacial score (nSPS) is 16.7. The molecule has 0 aliphatic carbocycles. The van der Waals surface area contributed by atoms with Gasteiger partial charge in [0.2, 0.25) is 0 Å². The van der Waals surface area contributed by atoms with E-state index in [1.54, 1.807) is 24.0 Å². The average molecular weight is 354 g/mol. The Morgan fingerprint density at radius 3 is 2.62 bits per heavy atom. The Bertz CT molecular complexity index is 861. The average Bonchev–Trinajstić information content (AvgIpc) is 3.16. The lowest BCUT2D eigenvalue weighted by Gasteiger charge is -2.31. The summed E-state index contributed by atoms with van der Waals surface area (Å²) in [7, 11) is 0. The number of benzene rings is 1. The van der Waals surface area contributed by atoms with Crippen LogP contribution in [0, 0.1) is 19.7 Å². The maximum absolute atomic E-state index is 13.5. The van der Waals surface area contributed by atoms with Crippen LogP contribution in [-0.2, 0) is 13.0 Å². The number of carbonyl (C=O) groups is 1. The van der Waals surface area contributed by atoms with Crippen LogP contribution < -0.4 is 4.90 Å². The minimum atomic E-state index is -0.288. The Balaban J connectivity index is 1.61. The highest BCUT2D eigenvalue weighted by Gasteiger charge is 2.28. The SMILES string of the molecule is Cc1nc2c(c(N3CCCC3)n1)CCN(C(=O)c1ccc(F)c(C)c1)C2. The maximum atomic E-state index is 13.5. The van der Waals surface area contributed by atoms with Crippen LogP contribution >= 0.6 is 0 Å². The van der Waals surface area contributed by atoms with Crippen LogP contribution in [-0.4, -0.2) is 40.4 Å². The van der Waals surface area contributed by atoms with E-state index in [2.05, 4.69) is 14.9 Å². The fourth-order valence-corrected chi connectivity index (χ4v) is 3.86. The standard InChI is InChI=1S/C20H23FN4O/c1-13-11-15(5-6-17(13)21)20(26)25-10-7-16-18(12-25)22-14(2)23-19(16)24-8-3-4-9-24/h5-6,11H,3-4,7-10,12H2,1-2H3. The second-order valence-electron chi connectivity index (χ2n) is 7.15. The van der Waals surface area contributed by atoms with E-state index < -0.39 is 0 Å². The van der Waals surface area contributed by atoms with Crippen molar-refractivity contribution in [3.63, 3.8) is 0 Å². The molecule has 2 aliphatic heterocycles. The number of halogens is 1. The molecule has 0 N–H and O–H groups in total. The Kier molecular flexibility index (Phi) is 4.34. The lowest BCUT2D eigenvalue weighted by atomic mass is 10.0. The van der Waals surface area contributed by atoms with Crippen LogP contribution in [0.2, 0.25) is 0 Å². The first kappa shape index (κ1) is 16.9. The molecule has 1 fully saturated rings. The maximum Gasteiger partial charge on any atom is 0.254 e. The molecular weight excluding hydrogens is 331 g/mol. The number of rotatable bonds is 2. The van der Waals surface area contributed by atoms with Gasteiger partial charge in [-0.1, -0.05) is 0 Å². The summed E-state index contributed by atoms with van der Waals surface area (Å²) in [6.45, 7) is 6.78. The Morgan fingerprint density at radius 1 is 1.12 bits per heavy atom. The van der Waals surface area contributed by atoms with E-state index in [9.17, 15) is 9.18 Å².